The SMILES string of the molecule is CCCC(OCC)C(O)C1CCCC(C)C1. The van der Waals surface area contributed by atoms with Gasteiger partial charge in [0.15, 0.2) is 0 Å². The third-order valence-electron chi connectivity index (χ3n) is 3.79. The fourth-order valence-corrected chi connectivity index (χ4v) is 2.95. The summed E-state index contributed by atoms with van der Waals surface area (Å²) in [5, 5.41) is 10.4. The molecular weight excluding hydrogens is 200 g/mol. The summed E-state index contributed by atoms with van der Waals surface area (Å²) in [6, 6.07) is 0. The number of rotatable bonds is 6. The van der Waals surface area contributed by atoms with E-state index in [9.17, 15) is 5.11 Å². The molecule has 0 aromatic heterocycles. The van der Waals surface area contributed by atoms with Crippen molar-refractivity contribution in [2.45, 2.75) is 71.5 Å². The lowest BCUT2D eigenvalue weighted by Crippen LogP contribution is -2.37. The van der Waals surface area contributed by atoms with Gasteiger partial charge in [-0.3, -0.25) is 0 Å². The molecule has 96 valence electrons. The van der Waals surface area contributed by atoms with E-state index in [0.29, 0.717) is 12.5 Å². The summed E-state index contributed by atoms with van der Waals surface area (Å²) in [6.45, 7) is 7.18. The highest BCUT2D eigenvalue weighted by atomic mass is 16.5. The van der Waals surface area contributed by atoms with Crippen molar-refractivity contribution in [3.63, 3.8) is 0 Å². The van der Waals surface area contributed by atoms with E-state index in [1.165, 1.54) is 25.7 Å². The van der Waals surface area contributed by atoms with Gasteiger partial charge in [0, 0.05) is 6.61 Å². The molecular formula is C14H28O2. The van der Waals surface area contributed by atoms with Gasteiger partial charge in [-0.2, -0.15) is 0 Å². The van der Waals surface area contributed by atoms with E-state index >= 15 is 0 Å². The quantitative estimate of drug-likeness (QED) is 0.755. The summed E-state index contributed by atoms with van der Waals surface area (Å²) in [5.41, 5.74) is 0. The van der Waals surface area contributed by atoms with Gasteiger partial charge in [0.25, 0.3) is 0 Å². The average Bonchev–Trinajstić information content (AvgIpc) is 2.28. The minimum atomic E-state index is -0.248. The van der Waals surface area contributed by atoms with Crippen molar-refractivity contribution in [2.75, 3.05) is 6.61 Å². The number of aliphatic hydroxyl groups is 1. The van der Waals surface area contributed by atoms with E-state index in [2.05, 4.69) is 13.8 Å². The van der Waals surface area contributed by atoms with Crippen LogP contribution in [0, 0.1) is 11.8 Å². The Labute approximate surface area is 100 Å². The first kappa shape index (κ1) is 14.0. The summed E-state index contributed by atoms with van der Waals surface area (Å²) in [4.78, 5) is 0. The molecule has 0 radical (unpaired) electrons. The van der Waals surface area contributed by atoms with Gasteiger partial charge in [0.05, 0.1) is 12.2 Å². The normalized spacial score (nSPS) is 30.0. The van der Waals surface area contributed by atoms with Gasteiger partial charge in [-0.15, -0.1) is 0 Å². The minimum absolute atomic E-state index is 0.0605. The molecule has 0 aliphatic heterocycles. The highest BCUT2D eigenvalue weighted by Crippen LogP contribution is 2.33. The van der Waals surface area contributed by atoms with Gasteiger partial charge < -0.3 is 9.84 Å². The van der Waals surface area contributed by atoms with Crippen LogP contribution in [0.1, 0.15) is 59.3 Å². The molecule has 1 aliphatic carbocycles. The molecule has 16 heavy (non-hydrogen) atoms. The summed E-state index contributed by atoms with van der Waals surface area (Å²) < 4.78 is 5.68. The van der Waals surface area contributed by atoms with E-state index < -0.39 is 0 Å². The largest absolute Gasteiger partial charge is 0.390 e. The maximum Gasteiger partial charge on any atom is 0.0836 e. The Bertz CT molecular complexity index is 171. The molecule has 0 saturated heterocycles. The maximum atomic E-state index is 10.4. The molecule has 1 rings (SSSR count). The van der Waals surface area contributed by atoms with Crippen LogP contribution in [0.3, 0.4) is 0 Å². The van der Waals surface area contributed by atoms with Crippen molar-refractivity contribution in [3.8, 4) is 0 Å². The van der Waals surface area contributed by atoms with Crippen LogP contribution in [0.2, 0.25) is 0 Å². The van der Waals surface area contributed by atoms with Crippen molar-refractivity contribution in [1.82, 2.24) is 0 Å². The minimum Gasteiger partial charge on any atom is -0.390 e. The second kappa shape index (κ2) is 7.29. The van der Waals surface area contributed by atoms with Gasteiger partial charge in [-0.1, -0.05) is 33.1 Å². The molecule has 1 N–H and O–H groups in total. The fourth-order valence-electron chi connectivity index (χ4n) is 2.95. The Kier molecular flexibility index (Phi) is 6.37. The van der Waals surface area contributed by atoms with E-state index in [4.69, 9.17) is 4.74 Å². The summed E-state index contributed by atoms with van der Waals surface area (Å²) in [6.07, 6.45) is 6.84. The van der Waals surface area contributed by atoms with Crippen LogP contribution >= 0.6 is 0 Å². The average molecular weight is 228 g/mol. The van der Waals surface area contributed by atoms with Crippen LogP contribution in [-0.2, 0) is 4.74 Å². The zero-order valence-corrected chi connectivity index (χ0v) is 11.1. The third-order valence-corrected chi connectivity index (χ3v) is 3.79. The maximum absolute atomic E-state index is 10.4. The van der Waals surface area contributed by atoms with Crippen LogP contribution in [0.5, 0.6) is 0 Å². The van der Waals surface area contributed by atoms with Gasteiger partial charge in [-0.05, 0) is 38.0 Å². The summed E-state index contributed by atoms with van der Waals surface area (Å²) in [7, 11) is 0. The molecule has 0 aromatic carbocycles. The molecule has 0 heterocycles. The Morgan fingerprint density at radius 3 is 2.62 bits per heavy atom. The molecule has 0 amide bonds. The Morgan fingerprint density at radius 2 is 2.06 bits per heavy atom. The van der Waals surface area contributed by atoms with Gasteiger partial charge in [0.2, 0.25) is 0 Å². The van der Waals surface area contributed by atoms with Crippen molar-refractivity contribution < 1.29 is 9.84 Å². The zero-order valence-electron chi connectivity index (χ0n) is 11.1. The first-order valence-electron chi connectivity index (χ1n) is 6.98. The van der Waals surface area contributed by atoms with E-state index in [-0.39, 0.29) is 12.2 Å². The number of hydrogen-bond donors (Lipinski definition) is 1. The van der Waals surface area contributed by atoms with E-state index in [1.54, 1.807) is 0 Å². The Hall–Kier alpha value is -0.0800. The van der Waals surface area contributed by atoms with Gasteiger partial charge in [-0.25, -0.2) is 0 Å². The molecule has 2 nitrogen and oxygen atoms in total. The molecule has 0 spiro atoms. The highest BCUT2D eigenvalue weighted by molar-refractivity contribution is 4.81. The van der Waals surface area contributed by atoms with Crippen LogP contribution in [0.25, 0.3) is 0 Å². The van der Waals surface area contributed by atoms with Crippen LogP contribution in [0.4, 0.5) is 0 Å². The lowest BCUT2D eigenvalue weighted by molar-refractivity contribution is -0.0716. The highest BCUT2D eigenvalue weighted by Gasteiger charge is 2.30. The van der Waals surface area contributed by atoms with Crippen LogP contribution < -0.4 is 0 Å². The lowest BCUT2D eigenvalue weighted by atomic mass is 9.78. The molecule has 1 aliphatic rings. The molecule has 4 atom stereocenters. The summed E-state index contributed by atoms with van der Waals surface area (Å²) in [5.74, 6) is 1.24. The third kappa shape index (κ3) is 4.06. The number of ether oxygens (including phenoxy) is 1. The molecule has 1 saturated carbocycles. The van der Waals surface area contributed by atoms with Crippen molar-refractivity contribution >= 4 is 0 Å². The Balaban J connectivity index is 2.47. The smallest absolute Gasteiger partial charge is 0.0836 e. The molecule has 1 fully saturated rings. The van der Waals surface area contributed by atoms with Crippen molar-refractivity contribution in [2.24, 2.45) is 11.8 Å². The Morgan fingerprint density at radius 1 is 1.31 bits per heavy atom. The molecule has 0 aromatic rings. The second-order valence-corrected chi connectivity index (χ2v) is 5.30. The fraction of sp³-hybridized carbons (Fsp3) is 1.00. The molecule has 2 heteroatoms. The first-order valence-corrected chi connectivity index (χ1v) is 6.98. The van der Waals surface area contributed by atoms with Gasteiger partial charge in [0.1, 0.15) is 0 Å². The predicted molar refractivity (Wildman–Crippen MR) is 67.5 cm³/mol. The monoisotopic (exact) mass is 228 g/mol. The number of aliphatic hydroxyl groups excluding tert-OH is 1. The van der Waals surface area contributed by atoms with Crippen molar-refractivity contribution in [1.29, 1.82) is 0 Å². The van der Waals surface area contributed by atoms with E-state index in [0.717, 1.165) is 18.8 Å². The van der Waals surface area contributed by atoms with Crippen LogP contribution in [0.15, 0.2) is 0 Å². The van der Waals surface area contributed by atoms with E-state index in [1.807, 2.05) is 6.92 Å². The second-order valence-electron chi connectivity index (χ2n) is 5.30. The van der Waals surface area contributed by atoms with Crippen LogP contribution in [-0.4, -0.2) is 23.9 Å². The molecule has 4 unspecified atom stereocenters. The summed E-state index contributed by atoms with van der Waals surface area (Å²) >= 11 is 0. The first-order chi connectivity index (χ1) is 7.69. The topological polar surface area (TPSA) is 29.5 Å². The zero-order chi connectivity index (χ0) is 12.0. The lowest BCUT2D eigenvalue weighted by Gasteiger charge is -2.34. The molecule has 0 bridgehead atoms. The number of hydrogen-bond acceptors (Lipinski definition) is 2. The standard InChI is InChI=1S/C14H28O2/c1-4-7-13(16-5-2)14(15)12-9-6-8-11(3)10-12/h11-15H,4-10H2,1-3H3. The van der Waals surface area contributed by atoms with Crippen molar-refractivity contribution in [3.05, 3.63) is 0 Å². The van der Waals surface area contributed by atoms with Gasteiger partial charge >= 0.3 is 0 Å². The predicted octanol–water partition coefficient (Wildman–Crippen LogP) is 3.38.